The number of benzene rings is 2. The van der Waals surface area contributed by atoms with Crippen molar-refractivity contribution in [3.05, 3.63) is 48.7 Å². The van der Waals surface area contributed by atoms with Crippen LogP contribution in [0.25, 0.3) is 11.3 Å². The van der Waals surface area contributed by atoms with Crippen LogP contribution in [-0.2, 0) is 0 Å². The first kappa shape index (κ1) is 22.6. The average molecular weight is 438 g/mol. The highest BCUT2D eigenvalue weighted by atomic mass is 16.5. The van der Waals surface area contributed by atoms with Crippen molar-refractivity contribution < 1.29 is 19.4 Å². The van der Waals surface area contributed by atoms with Gasteiger partial charge in [0.15, 0.2) is 0 Å². The molecular weight excluding hydrogens is 412 g/mol. The molecule has 6 N–H and O–H groups in total. The first-order chi connectivity index (χ1) is 15.4. The molecule has 0 aliphatic heterocycles. The van der Waals surface area contributed by atoms with Gasteiger partial charge >= 0.3 is 6.03 Å². The van der Waals surface area contributed by atoms with Crippen LogP contribution >= 0.6 is 0 Å². The molecular formula is C22H26N6O4. The van der Waals surface area contributed by atoms with Crippen LogP contribution < -0.4 is 31.2 Å². The maximum absolute atomic E-state index is 12.0. The van der Waals surface area contributed by atoms with Gasteiger partial charge < -0.3 is 36.3 Å². The Balaban J connectivity index is 1.80. The van der Waals surface area contributed by atoms with Gasteiger partial charge in [0.25, 0.3) is 0 Å². The number of methoxy groups -OCH3 is 2. The van der Waals surface area contributed by atoms with E-state index in [9.17, 15) is 9.90 Å². The van der Waals surface area contributed by atoms with Gasteiger partial charge in [0.05, 0.1) is 31.7 Å². The molecule has 1 atom stereocenters. The predicted molar refractivity (Wildman–Crippen MR) is 123 cm³/mol. The van der Waals surface area contributed by atoms with Crippen LogP contribution in [0.4, 0.5) is 27.8 Å². The molecule has 2 amide bonds. The van der Waals surface area contributed by atoms with Gasteiger partial charge in [-0.05, 0) is 37.3 Å². The number of ether oxygens (including phenoxy) is 2. The minimum atomic E-state index is -0.645. The average Bonchev–Trinajstić information content (AvgIpc) is 2.77. The van der Waals surface area contributed by atoms with Crippen LogP contribution in [-0.4, -0.2) is 48.0 Å². The molecule has 3 rings (SSSR count). The van der Waals surface area contributed by atoms with Crippen molar-refractivity contribution in [2.45, 2.75) is 13.0 Å². The molecule has 0 saturated heterocycles. The summed E-state index contributed by atoms with van der Waals surface area (Å²) in [5.41, 5.74) is 9.12. The molecule has 0 aliphatic carbocycles. The maximum Gasteiger partial charge on any atom is 0.319 e. The predicted octanol–water partition coefficient (Wildman–Crippen LogP) is 2.99. The van der Waals surface area contributed by atoms with E-state index in [2.05, 4.69) is 25.9 Å². The third kappa shape index (κ3) is 5.99. The molecule has 32 heavy (non-hydrogen) atoms. The molecule has 0 fully saturated rings. The van der Waals surface area contributed by atoms with Crippen molar-refractivity contribution in [1.82, 2.24) is 15.3 Å². The maximum atomic E-state index is 12.0. The monoisotopic (exact) mass is 438 g/mol. The second-order valence-electron chi connectivity index (χ2n) is 6.98. The fraction of sp³-hybridized carbons (Fsp3) is 0.227. The van der Waals surface area contributed by atoms with E-state index >= 15 is 0 Å². The highest BCUT2D eigenvalue weighted by Crippen LogP contribution is 2.29. The SMILES string of the molecule is COc1cc(NC(=O)NC[C@H](C)O)cc(Nc2nccc(-c3ccc(OC)c(N)c3)n2)c1. The van der Waals surface area contributed by atoms with Crippen molar-refractivity contribution in [2.75, 3.05) is 37.1 Å². The zero-order valence-corrected chi connectivity index (χ0v) is 18.0. The second kappa shape index (κ2) is 10.3. The summed E-state index contributed by atoms with van der Waals surface area (Å²) >= 11 is 0. The van der Waals surface area contributed by atoms with Crippen molar-refractivity contribution in [1.29, 1.82) is 0 Å². The van der Waals surface area contributed by atoms with E-state index in [1.165, 1.54) is 7.11 Å². The fourth-order valence-corrected chi connectivity index (χ4v) is 2.88. The molecule has 2 aromatic carbocycles. The Morgan fingerprint density at radius 2 is 1.91 bits per heavy atom. The van der Waals surface area contributed by atoms with Crippen LogP contribution in [0, 0.1) is 0 Å². The summed E-state index contributed by atoms with van der Waals surface area (Å²) in [7, 11) is 3.09. The summed E-state index contributed by atoms with van der Waals surface area (Å²) in [6.07, 6.45) is 0.988. The van der Waals surface area contributed by atoms with Gasteiger partial charge in [-0.25, -0.2) is 14.8 Å². The molecule has 168 valence electrons. The Hall–Kier alpha value is -4.05. The van der Waals surface area contributed by atoms with E-state index in [-0.39, 0.29) is 6.54 Å². The van der Waals surface area contributed by atoms with Crippen molar-refractivity contribution in [2.24, 2.45) is 0 Å². The number of carbonyl (C=O) groups is 1. The van der Waals surface area contributed by atoms with Crippen LogP contribution in [0.5, 0.6) is 11.5 Å². The number of amides is 2. The van der Waals surface area contributed by atoms with E-state index < -0.39 is 12.1 Å². The van der Waals surface area contributed by atoms with Crippen LogP contribution in [0.1, 0.15) is 6.92 Å². The zero-order valence-electron chi connectivity index (χ0n) is 18.0. The van der Waals surface area contributed by atoms with Gasteiger partial charge in [-0.1, -0.05) is 0 Å². The summed E-state index contributed by atoms with van der Waals surface area (Å²) in [4.78, 5) is 20.8. The Kier molecular flexibility index (Phi) is 7.29. The van der Waals surface area contributed by atoms with E-state index in [4.69, 9.17) is 15.2 Å². The van der Waals surface area contributed by atoms with Crippen molar-refractivity contribution >= 4 is 29.0 Å². The summed E-state index contributed by atoms with van der Waals surface area (Å²) < 4.78 is 10.5. The highest BCUT2D eigenvalue weighted by molar-refractivity contribution is 5.90. The second-order valence-corrected chi connectivity index (χ2v) is 6.98. The third-order valence-corrected chi connectivity index (χ3v) is 4.40. The lowest BCUT2D eigenvalue weighted by Gasteiger charge is -2.13. The van der Waals surface area contributed by atoms with Gasteiger partial charge in [0.1, 0.15) is 11.5 Å². The van der Waals surface area contributed by atoms with Gasteiger partial charge in [-0.3, -0.25) is 0 Å². The van der Waals surface area contributed by atoms with E-state index in [1.54, 1.807) is 56.6 Å². The summed E-state index contributed by atoms with van der Waals surface area (Å²) in [5.74, 6) is 1.48. The molecule has 0 spiro atoms. The van der Waals surface area contributed by atoms with Crippen molar-refractivity contribution in [3.8, 4) is 22.8 Å². The normalized spacial score (nSPS) is 11.4. The molecule has 0 unspecified atom stereocenters. The number of rotatable bonds is 8. The quantitative estimate of drug-likeness (QED) is 0.338. The summed E-state index contributed by atoms with van der Waals surface area (Å²) in [5, 5.41) is 17.7. The van der Waals surface area contributed by atoms with Gasteiger partial charge in [-0.15, -0.1) is 0 Å². The minimum Gasteiger partial charge on any atom is -0.497 e. The molecule has 0 bridgehead atoms. The van der Waals surface area contributed by atoms with Gasteiger partial charge in [0.2, 0.25) is 5.95 Å². The first-order valence-corrected chi connectivity index (χ1v) is 9.84. The number of hydrogen-bond donors (Lipinski definition) is 5. The summed E-state index contributed by atoms with van der Waals surface area (Å²) in [6.45, 7) is 1.72. The van der Waals surface area contributed by atoms with Crippen LogP contribution in [0.2, 0.25) is 0 Å². The number of nitrogens with zero attached hydrogens (tertiary/aromatic N) is 2. The van der Waals surface area contributed by atoms with Crippen LogP contribution in [0.15, 0.2) is 48.7 Å². The van der Waals surface area contributed by atoms with Crippen LogP contribution in [0.3, 0.4) is 0 Å². The lowest BCUT2D eigenvalue weighted by atomic mass is 10.1. The Labute approximate surface area is 185 Å². The van der Waals surface area contributed by atoms with E-state index in [0.29, 0.717) is 40.2 Å². The number of nitrogen functional groups attached to an aromatic ring is 1. The van der Waals surface area contributed by atoms with Crippen molar-refractivity contribution in [3.63, 3.8) is 0 Å². The molecule has 10 nitrogen and oxygen atoms in total. The molecule has 3 aromatic rings. The first-order valence-electron chi connectivity index (χ1n) is 9.84. The number of nitrogens with two attached hydrogens (primary N) is 1. The molecule has 10 heteroatoms. The minimum absolute atomic E-state index is 0.136. The number of carbonyl (C=O) groups excluding carboxylic acids is 1. The largest absolute Gasteiger partial charge is 0.497 e. The molecule has 1 aromatic heterocycles. The number of nitrogens with one attached hydrogen (secondary N) is 3. The number of urea groups is 1. The number of anilines is 4. The molecule has 0 saturated carbocycles. The zero-order chi connectivity index (χ0) is 23.1. The number of aliphatic hydroxyl groups excluding tert-OH is 1. The third-order valence-electron chi connectivity index (χ3n) is 4.40. The van der Waals surface area contributed by atoms with E-state index in [1.807, 2.05) is 6.07 Å². The highest BCUT2D eigenvalue weighted by Gasteiger charge is 2.09. The fourth-order valence-electron chi connectivity index (χ4n) is 2.88. The molecule has 0 radical (unpaired) electrons. The Bertz CT molecular complexity index is 1090. The Morgan fingerprint density at radius 3 is 2.59 bits per heavy atom. The van der Waals surface area contributed by atoms with Gasteiger partial charge in [-0.2, -0.15) is 0 Å². The number of aliphatic hydroxyl groups is 1. The standard InChI is InChI=1S/C22H26N6O4/c1-13(29)12-25-22(30)27-16-9-15(10-17(11-16)31-2)26-21-24-7-6-19(28-21)14-4-5-20(32-3)18(23)8-14/h4-11,13,29H,12,23H2,1-3H3,(H,24,26,28)(H2,25,27,30)/t13-/m0/s1. The molecule has 0 aliphatic rings. The van der Waals surface area contributed by atoms with Gasteiger partial charge in [0, 0.05) is 41.8 Å². The lowest BCUT2D eigenvalue weighted by Crippen LogP contribution is -2.34. The Morgan fingerprint density at radius 1 is 1.12 bits per heavy atom. The number of hydrogen-bond acceptors (Lipinski definition) is 8. The topological polar surface area (TPSA) is 144 Å². The van der Waals surface area contributed by atoms with E-state index in [0.717, 1.165) is 5.56 Å². The number of aromatic nitrogens is 2. The lowest BCUT2D eigenvalue weighted by molar-refractivity contribution is 0.190. The smallest absolute Gasteiger partial charge is 0.319 e. The summed E-state index contributed by atoms with van der Waals surface area (Å²) in [6, 6.07) is 11.9. The molecule has 1 heterocycles.